The van der Waals surface area contributed by atoms with Crippen LogP contribution in [0.15, 0.2) is 42.7 Å². The second-order valence-corrected chi connectivity index (χ2v) is 9.98. The van der Waals surface area contributed by atoms with Gasteiger partial charge in [-0.05, 0) is 64.6 Å². The molecule has 1 aromatic carbocycles. The average molecular weight is 506 g/mol. The number of rotatable bonds is 6. The van der Waals surface area contributed by atoms with Crippen LogP contribution in [0.5, 0.6) is 0 Å². The van der Waals surface area contributed by atoms with Crippen LogP contribution in [0.25, 0.3) is 22.2 Å². The second kappa shape index (κ2) is 10.0. The quantitative estimate of drug-likeness (QED) is 0.350. The molecule has 1 fully saturated rings. The van der Waals surface area contributed by atoms with Gasteiger partial charge in [0.2, 0.25) is 5.95 Å². The first-order valence-electron chi connectivity index (χ1n) is 12.8. The molecule has 0 bridgehead atoms. The largest absolute Gasteiger partial charge is 0.367 e. The van der Waals surface area contributed by atoms with Gasteiger partial charge in [0.25, 0.3) is 0 Å². The zero-order chi connectivity index (χ0) is 26.3. The molecule has 1 saturated heterocycles. The molecule has 1 N–H and O–H groups in total. The number of benzene rings is 1. The van der Waals surface area contributed by atoms with Gasteiger partial charge in [-0.1, -0.05) is 6.92 Å². The van der Waals surface area contributed by atoms with Crippen molar-refractivity contribution < 1.29 is 8.78 Å². The highest BCUT2D eigenvalue weighted by Gasteiger charge is 2.23. The molecule has 3 aromatic heterocycles. The number of nitrogens with zero attached hydrogens (tertiary/aromatic N) is 6. The van der Waals surface area contributed by atoms with Crippen molar-refractivity contribution in [3.8, 4) is 11.3 Å². The molecule has 4 heterocycles. The van der Waals surface area contributed by atoms with Crippen molar-refractivity contribution in [2.45, 2.75) is 46.7 Å². The molecule has 0 saturated carbocycles. The number of nitrogens with one attached hydrogen (secondary N) is 1. The van der Waals surface area contributed by atoms with Crippen LogP contribution in [0.2, 0.25) is 0 Å². The summed E-state index contributed by atoms with van der Waals surface area (Å²) in [5.74, 6) is -0.286. The molecule has 7 nitrogen and oxygen atoms in total. The summed E-state index contributed by atoms with van der Waals surface area (Å²) in [7, 11) is 0. The predicted octanol–water partition coefficient (Wildman–Crippen LogP) is 5.93. The number of aryl methyl sites for hydroxylation is 1. The van der Waals surface area contributed by atoms with Crippen LogP contribution in [0.3, 0.4) is 0 Å². The normalized spacial score (nSPS) is 16.6. The Balaban J connectivity index is 1.39. The van der Waals surface area contributed by atoms with Crippen LogP contribution < -0.4 is 10.2 Å². The van der Waals surface area contributed by atoms with E-state index >= 15 is 4.39 Å². The molecule has 0 amide bonds. The van der Waals surface area contributed by atoms with E-state index in [-0.39, 0.29) is 17.7 Å². The van der Waals surface area contributed by atoms with E-state index in [9.17, 15) is 4.39 Å². The summed E-state index contributed by atoms with van der Waals surface area (Å²) in [6.07, 6.45) is 2.93. The Labute approximate surface area is 216 Å². The Morgan fingerprint density at radius 2 is 1.86 bits per heavy atom. The van der Waals surface area contributed by atoms with Gasteiger partial charge in [-0.15, -0.1) is 0 Å². The fraction of sp³-hybridized carbons (Fsp3) is 0.393. The monoisotopic (exact) mass is 505 g/mol. The number of likely N-dealkylation sites (N-methyl/N-ethyl adjacent to an activating group) is 1. The van der Waals surface area contributed by atoms with Crippen LogP contribution in [0.4, 0.5) is 26.2 Å². The van der Waals surface area contributed by atoms with E-state index in [1.807, 2.05) is 49.7 Å². The Morgan fingerprint density at radius 1 is 1.05 bits per heavy atom. The molecular weight excluding hydrogens is 472 g/mol. The van der Waals surface area contributed by atoms with E-state index in [1.165, 1.54) is 6.07 Å². The summed E-state index contributed by atoms with van der Waals surface area (Å²) < 4.78 is 31.9. The molecule has 0 spiro atoms. The smallest absolute Gasteiger partial charge is 0.229 e. The van der Waals surface area contributed by atoms with Gasteiger partial charge in [-0.3, -0.25) is 4.90 Å². The summed E-state index contributed by atoms with van der Waals surface area (Å²) in [5.41, 5.74) is 3.11. The van der Waals surface area contributed by atoms with Gasteiger partial charge >= 0.3 is 0 Å². The van der Waals surface area contributed by atoms with E-state index in [0.717, 1.165) is 43.8 Å². The van der Waals surface area contributed by atoms with Crippen molar-refractivity contribution in [3.05, 3.63) is 60.1 Å². The van der Waals surface area contributed by atoms with E-state index in [4.69, 9.17) is 0 Å². The van der Waals surface area contributed by atoms with Crippen LogP contribution >= 0.6 is 0 Å². The average Bonchev–Trinajstić information content (AvgIpc) is 3.22. The van der Waals surface area contributed by atoms with Gasteiger partial charge in [0.15, 0.2) is 5.82 Å². The highest BCUT2D eigenvalue weighted by atomic mass is 19.1. The number of aromatic nitrogens is 4. The van der Waals surface area contributed by atoms with Crippen LogP contribution in [0.1, 0.15) is 39.4 Å². The maximum atomic E-state index is 15.0. The molecule has 1 aliphatic heterocycles. The minimum Gasteiger partial charge on any atom is -0.367 e. The number of hydrogen-bond acceptors (Lipinski definition) is 6. The molecule has 4 aromatic rings. The van der Waals surface area contributed by atoms with Crippen LogP contribution in [-0.4, -0.2) is 56.6 Å². The minimum atomic E-state index is -0.618. The fourth-order valence-corrected chi connectivity index (χ4v) is 5.33. The molecule has 5 rings (SSSR count). The van der Waals surface area contributed by atoms with Crippen molar-refractivity contribution in [3.63, 3.8) is 0 Å². The molecular formula is C28H33F2N7. The lowest BCUT2D eigenvalue weighted by Gasteiger charge is -2.40. The first-order valence-corrected chi connectivity index (χ1v) is 12.8. The lowest BCUT2D eigenvalue weighted by molar-refractivity contribution is 0.199. The topological polar surface area (TPSA) is 62.1 Å². The van der Waals surface area contributed by atoms with Gasteiger partial charge in [-0.25, -0.2) is 23.7 Å². The third-order valence-electron chi connectivity index (χ3n) is 7.16. The Kier molecular flexibility index (Phi) is 6.81. The van der Waals surface area contributed by atoms with Crippen molar-refractivity contribution in [2.75, 3.05) is 36.4 Å². The number of pyridine rings is 1. The number of fused-ring (bicyclic) bond motifs is 1. The molecule has 1 atom stereocenters. The van der Waals surface area contributed by atoms with E-state index in [2.05, 4.69) is 43.9 Å². The predicted molar refractivity (Wildman–Crippen MR) is 144 cm³/mol. The molecule has 0 aliphatic carbocycles. The molecule has 1 aliphatic rings. The maximum Gasteiger partial charge on any atom is 0.229 e. The van der Waals surface area contributed by atoms with E-state index in [0.29, 0.717) is 28.3 Å². The molecule has 9 heteroatoms. The fourth-order valence-electron chi connectivity index (χ4n) is 5.33. The zero-order valence-corrected chi connectivity index (χ0v) is 22.0. The molecule has 1 unspecified atom stereocenters. The Hall–Kier alpha value is -3.59. The third-order valence-corrected chi connectivity index (χ3v) is 7.16. The van der Waals surface area contributed by atoms with Crippen molar-refractivity contribution in [2.24, 2.45) is 0 Å². The SMILES string of the molecule is CCN1CCN(c2ccc(Nc3ncc(F)c(-c4cc(F)c5cc(C)n(C(C)C)c5c4)n3)nc2)CC1C. The van der Waals surface area contributed by atoms with Gasteiger partial charge < -0.3 is 14.8 Å². The van der Waals surface area contributed by atoms with Gasteiger partial charge in [0, 0.05) is 48.4 Å². The van der Waals surface area contributed by atoms with Crippen molar-refractivity contribution in [1.29, 1.82) is 0 Å². The van der Waals surface area contributed by atoms with E-state index < -0.39 is 11.6 Å². The summed E-state index contributed by atoms with van der Waals surface area (Å²) in [6.45, 7) is 14.4. The summed E-state index contributed by atoms with van der Waals surface area (Å²) in [5, 5.41) is 3.57. The highest BCUT2D eigenvalue weighted by Crippen LogP contribution is 2.32. The minimum absolute atomic E-state index is 0.0341. The number of piperazine rings is 1. The van der Waals surface area contributed by atoms with Gasteiger partial charge in [0.1, 0.15) is 17.3 Å². The molecule has 37 heavy (non-hydrogen) atoms. The summed E-state index contributed by atoms with van der Waals surface area (Å²) in [6, 6.07) is 9.42. The van der Waals surface area contributed by atoms with Crippen molar-refractivity contribution >= 4 is 28.4 Å². The molecule has 0 radical (unpaired) electrons. The Morgan fingerprint density at radius 3 is 2.54 bits per heavy atom. The number of halogens is 2. The van der Waals surface area contributed by atoms with E-state index in [1.54, 1.807) is 6.07 Å². The summed E-state index contributed by atoms with van der Waals surface area (Å²) in [4.78, 5) is 17.8. The molecule has 194 valence electrons. The van der Waals surface area contributed by atoms with Crippen LogP contribution in [0, 0.1) is 18.6 Å². The van der Waals surface area contributed by atoms with Crippen LogP contribution in [-0.2, 0) is 0 Å². The van der Waals surface area contributed by atoms with Gasteiger partial charge in [0.05, 0.1) is 23.6 Å². The van der Waals surface area contributed by atoms with Crippen molar-refractivity contribution in [1.82, 2.24) is 24.4 Å². The first kappa shape index (κ1) is 25.1. The second-order valence-electron chi connectivity index (χ2n) is 9.98. The van der Waals surface area contributed by atoms with Gasteiger partial charge in [-0.2, -0.15) is 0 Å². The standard InChI is InChI=1S/C28H33F2N7/c1-6-35-9-10-36(16-19(35)5)21-7-8-26(31-14-21)33-28-32-15-24(30)27(34-28)20-12-23(29)22-11-18(4)37(17(2)3)25(22)13-20/h7-8,11-15,17,19H,6,9-10,16H2,1-5H3,(H,31,32,33,34). The zero-order valence-electron chi connectivity index (χ0n) is 22.0. The Bertz CT molecular complexity index is 1410. The lowest BCUT2D eigenvalue weighted by atomic mass is 10.1. The highest BCUT2D eigenvalue weighted by molar-refractivity contribution is 5.87. The number of anilines is 3. The lowest BCUT2D eigenvalue weighted by Crippen LogP contribution is -2.51. The third kappa shape index (κ3) is 4.87. The number of hydrogen-bond donors (Lipinski definition) is 1. The summed E-state index contributed by atoms with van der Waals surface area (Å²) >= 11 is 0. The maximum absolute atomic E-state index is 15.0. The first-order chi connectivity index (χ1) is 17.7.